The van der Waals surface area contributed by atoms with Gasteiger partial charge in [0.15, 0.2) is 0 Å². The lowest BCUT2D eigenvalue weighted by Crippen LogP contribution is -2.41. The Kier molecular flexibility index (Phi) is 4.32. The summed E-state index contributed by atoms with van der Waals surface area (Å²) in [6.45, 7) is 3.48. The maximum Gasteiger partial charge on any atom is 0.222 e. The van der Waals surface area contributed by atoms with Gasteiger partial charge in [-0.1, -0.05) is 17.7 Å². The number of halogens is 1. The molecule has 5 heteroatoms. The zero-order valence-corrected chi connectivity index (χ0v) is 11.9. The second kappa shape index (κ2) is 5.80. The molecule has 1 aromatic carbocycles. The Morgan fingerprint density at radius 2 is 2.26 bits per heavy atom. The van der Waals surface area contributed by atoms with E-state index in [4.69, 9.17) is 23.1 Å². The van der Waals surface area contributed by atoms with E-state index in [9.17, 15) is 4.79 Å². The van der Waals surface area contributed by atoms with Gasteiger partial charge in [-0.15, -0.1) is 0 Å². The maximum atomic E-state index is 11.3. The molecule has 1 heterocycles. The van der Waals surface area contributed by atoms with E-state index in [1.807, 2.05) is 25.1 Å². The minimum absolute atomic E-state index is 0.0359. The van der Waals surface area contributed by atoms with Gasteiger partial charge in [0, 0.05) is 19.1 Å². The minimum Gasteiger partial charge on any atom is -0.370 e. The third-order valence-electron chi connectivity index (χ3n) is 3.66. The minimum atomic E-state index is -0.229. The molecule has 19 heavy (non-hydrogen) atoms. The molecule has 1 saturated heterocycles. The van der Waals surface area contributed by atoms with E-state index >= 15 is 0 Å². The van der Waals surface area contributed by atoms with Crippen LogP contribution in [0.4, 0.5) is 5.69 Å². The fourth-order valence-corrected chi connectivity index (χ4v) is 2.80. The number of primary amides is 1. The molecule has 4 N–H and O–H groups in total. The van der Waals surface area contributed by atoms with Gasteiger partial charge in [0.25, 0.3) is 0 Å². The monoisotopic (exact) mass is 281 g/mol. The highest BCUT2D eigenvalue weighted by Crippen LogP contribution is 2.31. The van der Waals surface area contributed by atoms with Crippen LogP contribution in [-0.4, -0.2) is 19.0 Å². The molecular weight excluding hydrogens is 262 g/mol. The number of nitrogens with two attached hydrogens (primary N) is 2. The van der Waals surface area contributed by atoms with E-state index in [0.717, 1.165) is 30.6 Å². The highest BCUT2D eigenvalue weighted by atomic mass is 35.5. The number of carbonyl (C=O) groups excluding carboxylic acids is 1. The van der Waals surface area contributed by atoms with Crippen molar-refractivity contribution in [2.24, 2.45) is 17.4 Å². The third-order valence-corrected chi connectivity index (χ3v) is 3.96. The normalized spacial score (nSPS) is 21.2. The van der Waals surface area contributed by atoms with Gasteiger partial charge in [0.1, 0.15) is 0 Å². The Hall–Kier alpha value is -1.26. The molecule has 2 atom stereocenters. The molecule has 0 radical (unpaired) electrons. The molecule has 1 aliphatic rings. The number of rotatable bonds is 3. The van der Waals surface area contributed by atoms with E-state index in [1.54, 1.807) is 0 Å². The average molecular weight is 282 g/mol. The van der Waals surface area contributed by atoms with Crippen LogP contribution in [0.3, 0.4) is 0 Å². The highest BCUT2D eigenvalue weighted by molar-refractivity contribution is 6.33. The van der Waals surface area contributed by atoms with Gasteiger partial charge in [-0.2, -0.15) is 0 Å². The molecule has 2 rings (SSSR count). The van der Waals surface area contributed by atoms with E-state index in [1.165, 1.54) is 0 Å². The van der Waals surface area contributed by atoms with Crippen LogP contribution < -0.4 is 16.4 Å². The van der Waals surface area contributed by atoms with Crippen molar-refractivity contribution in [1.82, 2.24) is 0 Å². The van der Waals surface area contributed by atoms with Crippen molar-refractivity contribution in [2.45, 2.75) is 25.8 Å². The highest BCUT2D eigenvalue weighted by Gasteiger charge is 2.25. The van der Waals surface area contributed by atoms with Crippen molar-refractivity contribution in [3.8, 4) is 0 Å². The molecule has 0 aromatic heterocycles. The van der Waals surface area contributed by atoms with Crippen molar-refractivity contribution < 1.29 is 4.79 Å². The summed E-state index contributed by atoms with van der Waals surface area (Å²) in [7, 11) is 0. The lowest BCUT2D eigenvalue weighted by Gasteiger charge is -2.33. The zero-order chi connectivity index (χ0) is 14.0. The first-order valence-electron chi connectivity index (χ1n) is 6.58. The van der Waals surface area contributed by atoms with Gasteiger partial charge >= 0.3 is 0 Å². The summed E-state index contributed by atoms with van der Waals surface area (Å²) in [5, 5.41) is 0.680. The van der Waals surface area contributed by atoms with Crippen molar-refractivity contribution in [3.63, 3.8) is 0 Å². The predicted molar refractivity (Wildman–Crippen MR) is 78.2 cm³/mol. The van der Waals surface area contributed by atoms with Crippen LogP contribution >= 0.6 is 11.6 Å². The fourth-order valence-electron chi connectivity index (χ4n) is 2.49. The third kappa shape index (κ3) is 3.19. The standard InChI is InChI=1S/C14H20ClN3O/c1-9(16)10-4-5-13(12(15)7-10)18-6-2-3-11(8-18)14(17)19/h4-5,7,9,11H,2-3,6,8,16H2,1H3,(H2,17,19)/t9-,11?/m1/s1. The Bertz CT molecular complexity index is 476. The fraction of sp³-hybridized carbons (Fsp3) is 0.500. The maximum absolute atomic E-state index is 11.3. The first-order chi connectivity index (χ1) is 8.99. The molecule has 0 aliphatic carbocycles. The molecule has 0 spiro atoms. The summed E-state index contributed by atoms with van der Waals surface area (Å²) in [5.41, 5.74) is 13.2. The first-order valence-corrected chi connectivity index (χ1v) is 6.96. The van der Waals surface area contributed by atoms with Crippen molar-refractivity contribution >= 4 is 23.2 Å². The number of anilines is 1. The van der Waals surface area contributed by atoms with Gasteiger partial charge in [0.05, 0.1) is 16.6 Å². The summed E-state index contributed by atoms with van der Waals surface area (Å²) in [6, 6.07) is 5.82. The molecule has 0 bridgehead atoms. The molecule has 1 unspecified atom stereocenters. The van der Waals surface area contributed by atoms with Crippen molar-refractivity contribution in [1.29, 1.82) is 0 Å². The molecule has 1 fully saturated rings. The summed E-state index contributed by atoms with van der Waals surface area (Å²) in [4.78, 5) is 13.4. The Morgan fingerprint density at radius 3 is 2.84 bits per heavy atom. The molecule has 104 valence electrons. The number of nitrogens with zero attached hydrogens (tertiary/aromatic N) is 1. The van der Waals surface area contributed by atoms with Gasteiger partial charge in [-0.25, -0.2) is 0 Å². The summed E-state index contributed by atoms with van der Waals surface area (Å²) < 4.78 is 0. The van der Waals surface area contributed by atoms with Gasteiger partial charge in [-0.05, 0) is 37.5 Å². The van der Waals surface area contributed by atoms with E-state index < -0.39 is 0 Å². The molecule has 0 saturated carbocycles. The number of piperidine rings is 1. The molecule has 4 nitrogen and oxygen atoms in total. The predicted octanol–water partition coefficient (Wildman–Crippen LogP) is 2.06. The van der Waals surface area contributed by atoms with E-state index in [2.05, 4.69) is 4.90 Å². The average Bonchev–Trinajstić information content (AvgIpc) is 2.38. The van der Waals surface area contributed by atoms with Crippen LogP contribution in [0.15, 0.2) is 18.2 Å². The van der Waals surface area contributed by atoms with Crippen LogP contribution in [-0.2, 0) is 4.79 Å². The Morgan fingerprint density at radius 1 is 1.53 bits per heavy atom. The Labute approximate surface area is 118 Å². The smallest absolute Gasteiger partial charge is 0.222 e. The van der Waals surface area contributed by atoms with Crippen LogP contribution in [0.5, 0.6) is 0 Å². The van der Waals surface area contributed by atoms with E-state index in [-0.39, 0.29) is 17.9 Å². The molecule has 1 aromatic rings. The molecule has 1 amide bonds. The van der Waals surface area contributed by atoms with Gasteiger partial charge in [0.2, 0.25) is 5.91 Å². The largest absolute Gasteiger partial charge is 0.370 e. The summed E-state index contributed by atoms with van der Waals surface area (Å²) >= 11 is 6.32. The zero-order valence-electron chi connectivity index (χ0n) is 11.1. The lowest BCUT2D eigenvalue weighted by atomic mass is 9.97. The van der Waals surface area contributed by atoms with Crippen molar-refractivity contribution in [2.75, 3.05) is 18.0 Å². The number of hydrogen-bond acceptors (Lipinski definition) is 3. The number of hydrogen-bond donors (Lipinski definition) is 2. The van der Waals surface area contributed by atoms with Crippen LogP contribution in [0.2, 0.25) is 5.02 Å². The van der Waals surface area contributed by atoms with Crippen LogP contribution in [0.1, 0.15) is 31.4 Å². The van der Waals surface area contributed by atoms with Gasteiger partial charge in [-0.3, -0.25) is 4.79 Å². The summed E-state index contributed by atoms with van der Waals surface area (Å²) in [5.74, 6) is -0.314. The van der Waals surface area contributed by atoms with E-state index in [0.29, 0.717) is 11.6 Å². The summed E-state index contributed by atoms with van der Waals surface area (Å²) in [6.07, 6.45) is 1.82. The quantitative estimate of drug-likeness (QED) is 0.891. The lowest BCUT2D eigenvalue weighted by molar-refractivity contribution is -0.122. The van der Waals surface area contributed by atoms with Gasteiger partial charge < -0.3 is 16.4 Å². The molecular formula is C14H20ClN3O. The SMILES string of the molecule is C[C@@H](N)c1ccc(N2CCCC(C(N)=O)C2)c(Cl)c1. The number of carbonyl (C=O) groups is 1. The first kappa shape index (κ1) is 14.2. The molecule has 1 aliphatic heterocycles. The number of amides is 1. The van der Waals surface area contributed by atoms with Crippen LogP contribution in [0, 0.1) is 5.92 Å². The topological polar surface area (TPSA) is 72.3 Å². The second-order valence-corrected chi connectivity index (χ2v) is 5.59. The Balaban J connectivity index is 2.19. The number of benzene rings is 1. The van der Waals surface area contributed by atoms with Crippen LogP contribution in [0.25, 0.3) is 0 Å². The van der Waals surface area contributed by atoms with Crippen molar-refractivity contribution in [3.05, 3.63) is 28.8 Å². The second-order valence-electron chi connectivity index (χ2n) is 5.19.